The van der Waals surface area contributed by atoms with Crippen LogP contribution in [0, 0.1) is 0 Å². The summed E-state index contributed by atoms with van der Waals surface area (Å²) in [7, 11) is 0. The molecular weight excluding hydrogens is 468 g/mol. The highest BCUT2D eigenvalue weighted by Crippen LogP contribution is 2.30. The number of carboxylic acid groups (broad SMARTS) is 1. The van der Waals surface area contributed by atoms with Gasteiger partial charge in [-0.05, 0) is 67.0 Å². The molecule has 2 aromatic heterocycles. The van der Waals surface area contributed by atoms with Gasteiger partial charge in [-0.2, -0.15) is 5.10 Å². The zero-order valence-corrected chi connectivity index (χ0v) is 22.0. The average Bonchev–Trinajstić information content (AvgIpc) is 3.21. The number of carbonyl (C=O) groups is 1. The molecular formula is C29H32N4O2S. The van der Waals surface area contributed by atoms with Crippen molar-refractivity contribution in [2.45, 2.75) is 59.3 Å². The number of aryl methyl sites for hydroxylation is 1. The SMILES string of the molecule is CC.CC(C)c1ccc(-c2ccc3c(c2)/C(=N/Nc2nc4ccccc4s2)CCCC3)nc1C(=O)O. The number of nitrogens with one attached hydrogen (secondary N) is 1. The molecule has 0 saturated heterocycles. The lowest BCUT2D eigenvalue weighted by Gasteiger charge is -2.13. The second-order valence-corrected chi connectivity index (χ2v) is 9.86. The minimum atomic E-state index is -0.998. The average molecular weight is 501 g/mol. The van der Waals surface area contributed by atoms with E-state index in [9.17, 15) is 9.90 Å². The summed E-state index contributed by atoms with van der Waals surface area (Å²) in [6, 6.07) is 18.1. The highest BCUT2D eigenvalue weighted by Gasteiger charge is 2.19. The monoisotopic (exact) mass is 500 g/mol. The van der Waals surface area contributed by atoms with Crippen molar-refractivity contribution < 1.29 is 9.90 Å². The Morgan fingerprint density at radius 3 is 2.56 bits per heavy atom. The van der Waals surface area contributed by atoms with Crippen LogP contribution < -0.4 is 5.43 Å². The molecule has 6 nitrogen and oxygen atoms in total. The van der Waals surface area contributed by atoms with Crippen LogP contribution in [0.4, 0.5) is 5.13 Å². The quantitative estimate of drug-likeness (QED) is 0.216. The fourth-order valence-electron chi connectivity index (χ4n) is 4.38. The van der Waals surface area contributed by atoms with Gasteiger partial charge in [0, 0.05) is 11.1 Å². The van der Waals surface area contributed by atoms with Gasteiger partial charge >= 0.3 is 5.97 Å². The number of carboxylic acids is 1. The number of pyridine rings is 1. The van der Waals surface area contributed by atoms with Crippen LogP contribution in [0.2, 0.25) is 0 Å². The van der Waals surface area contributed by atoms with Gasteiger partial charge in [-0.25, -0.2) is 14.8 Å². The lowest BCUT2D eigenvalue weighted by atomic mass is 9.96. The molecule has 1 aliphatic rings. The van der Waals surface area contributed by atoms with Crippen LogP contribution in [-0.2, 0) is 6.42 Å². The number of hydrogen-bond acceptors (Lipinski definition) is 6. The van der Waals surface area contributed by atoms with E-state index in [0.717, 1.165) is 63.4 Å². The highest BCUT2D eigenvalue weighted by atomic mass is 32.1. The number of benzene rings is 2. The van der Waals surface area contributed by atoms with Crippen LogP contribution in [0.1, 0.15) is 80.1 Å². The van der Waals surface area contributed by atoms with Gasteiger partial charge in [-0.1, -0.05) is 69.4 Å². The van der Waals surface area contributed by atoms with Gasteiger partial charge in [-0.15, -0.1) is 0 Å². The molecule has 0 unspecified atom stereocenters. The van der Waals surface area contributed by atoms with Gasteiger partial charge in [0.05, 0.1) is 21.6 Å². The predicted octanol–water partition coefficient (Wildman–Crippen LogP) is 7.75. The molecule has 7 heteroatoms. The molecule has 0 radical (unpaired) electrons. The molecule has 0 aliphatic heterocycles. The molecule has 2 heterocycles. The number of aromatic nitrogens is 2. The largest absolute Gasteiger partial charge is 0.477 e. The minimum Gasteiger partial charge on any atom is -0.477 e. The molecule has 0 spiro atoms. The Balaban J connectivity index is 0.00000148. The summed E-state index contributed by atoms with van der Waals surface area (Å²) in [6.07, 6.45) is 4.04. The van der Waals surface area contributed by atoms with Crippen LogP contribution in [0.3, 0.4) is 0 Å². The number of hydrazone groups is 1. The van der Waals surface area contributed by atoms with Crippen molar-refractivity contribution >= 4 is 38.4 Å². The lowest BCUT2D eigenvalue weighted by Crippen LogP contribution is -2.09. The first-order valence-corrected chi connectivity index (χ1v) is 13.4. The third-order valence-corrected chi connectivity index (χ3v) is 7.10. The van der Waals surface area contributed by atoms with E-state index in [1.165, 1.54) is 5.56 Å². The summed E-state index contributed by atoms with van der Waals surface area (Å²) < 4.78 is 1.12. The van der Waals surface area contributed by atoms with E-state index in [-0.39, 0.29) is 11.6 Å². The first-order chi connectivity index (χ1) is 17.5. The van der Waals surface area contributed by atoms with Crippen molar-refractivity contribution in [1.29, 1.82) is 0 Å². The van der Waals surface area contributed by atoms with Gasteiger partial charge in [0.25, 0.3) is 0 Å². The Kier molecular flexibility index (Phi) is 8.10. The molecule has 0 fully saturated rings. The topological polar surface area (TPSA) is 87.5 Å². The van der Waals surface area contributed by atoms with Gasteiger partial charge in [0.1, 0.15) is 0 Å². The molecule has 36 heavy (non-hydrogen) atoms. The Hall–Kier alpha value is -3.58. The maximum absolute atomic E-state index is 11.8. The number of anilines is 1. The molecule has 5 rings (SSSR count). The Morgan fingerprint density at radius 2 is 1.81 bits per heavy atom. The number of fused-ring (bicyclic) bond motifs is 2. The van der Waals surface area contributed by atoms with Crippen LogP contribution >= 0.6 is 11.3 Å². The second-order valence-electron chi connectivity index (χ2n) is 8.83. The van der Waals surface area contributed by atoms with Crippen molar-refractivity contribution in [2.75, 3.05) is 5.43 Å². The van der Waals surface area contributed by atoms with Crippen LogP contribution in [0.15, 0.2) is 59.7 Å². The zero-order chi connectivity index (χ0) is 25.7. The van der Waals surface area contributed by atoms with Crippen molar-refractivity contribution in [1.82, 2.24) is 9.97 Å². The Labute approximate surface area is 216 Å². The molecule has 1 aliphatic carbocycles. The second kappa shape index (κ2) is 11.4. The first kappa shape index (κ1) is 25.5. The van der Waals surface area contributed by atoms with E-state index < -0.39 is 5.97 Å². The maximum Gasteiger partial charge on any atom is 0.354 e. The Bertz CT molecular complexity index is 1370. The summed E-state index contributed by atoms with van der Waals surface area (Å²) in [4.78, 5) is 21.0. The van der Waals surface area contributed by atoms with Crippen molar-refractivity contribution in [2.24, 2.45) is 5.10 Å². The number of hydrogen-bond donors (Lipinski definition) is 2. The summed E-state index contributed by atoms with van der Waals surface area (Å²) in [5.41, 5.74) is 9.89. The van der Waals surface area contributed by atoms with Gasteiger partial charge in [-0.3, -0.25) is 5.43 Å². The Morgan fingerprint density at radius 1 is 1.03 bits per heavy atom. The number of aromatic carboxylic acids is 1. The minimum absolute atomic E-state index is 0.0898. The van der Waals surface area contributed by atoms with E-state index in [0.29, 0.717) is 5.69 Å². The van der Waals surface area contributed by atoms with Crippen LogP contribution in [-0.4, -0.2) is 26.8 Å². The first-order valence-electron chi connectivity index (χ1n) is 12.6. The van der Waals surface area contributed by atoms with Crippen molar-refractivity contribution in [3.05, 3.63) is 77.0 Å². The summed E-state index contributed by atoms with van der Waals surface area (Å²) >= 11 is 1.59. The predicted molar refractivity (Wildman–Crippen MR) is 149 cm³/mol. The molecule has 4 aromatic rings. The third-order valence-electron chi connectivity index (χ3n) is 6.16. The van der Waals surface area contributed by atoms with Gasteiger partial charge in [0.2, 0.25) is 5.13 Å². The summed E-state index contributed by atoms with van der Waals surface area (Å²) in [6.45, 7) is 7.96. The molecule has 0 atom stereocenters. The number of rotatable bonds is 5. The van der Waals surface area contributed by atoms with Crippen LogP contribution in [0.25, 0.3) is 21.5 Å². The lowest BCUT2D eigenvalue weighted by molar-refractivity contribution is 0.0689. The molecule has 2 aromatic carbocycles. The van der Waals surface area contributed by atoms with Gasteiger partial charge < -0.3 is 5.11 Å². The van der Waals surface area contributed by atoms with Crippen molar-refractivity contribution in [3.8, 4) is 11.3 Å². The number of thiazole rings is 1. The van der Waals surface area contributed by atoms with Crippen LogP contribution in [0.5, 0.6) is 0 Å². The summed E-state index contributed by atoms with van der Waals surface area (Å²) in [5, 5.41) is 15.2. The maximum atomic E-state index is 11.8. The van der Waals surface area contributed by atoms with E-state index in [1.54, 1.807) is 11.3 Å². The molecule has 0 amide bonds. The van der Waals surface area contributed by atoms with E-state index in [2.05, 4.69) is 33.6 Å². The molecule has 0 bridgehead atoms. The van der Waals surface area contributed by atoms with E-state index in [4.69, 9.17) is 5.10 Å². The fourth-order valence-corrected chi connectivity index (χ4v) is 5.19. The summed E-state index contributed by atoms with van der Waals surface area (Å²) in [5.74, 6) is -0.908. The normalized spacial score (nSPS) is 14.2. The zero-order valence-electron chi connectivity index (χ0n) is 21.2. The van der Waals surface area contributed by atoms with Crippen molar-refractivity contribution in [3.63, 3.8) is 0 Å². The van der Waals surface area contributed by atoms with E-state index >= 15 is 0 Å². The number of nitrogens with zero attached hydrogens (tertiary/aromatic N) is 3. The van der Waals surface area contributed by atoms with E-state index in [1.807, 2.05) is 64.1 Å². The third kappa shape index (κ3) is 5.46. The smallest absolute Gasteiger partial charge is 0.354 e. The van der Waals surface area contributed by atoms with Gasteiger partial charge in [0.15, 0.2) is 5.69 Å². The standard InChI is InChI=1S/C27H26N4O2S.C2H6/c1-16(2)19-13-14-21(28-25(19)26(32)33)18-12-11-17-7-3-4-8-22(20(17)15-18)30-31-27-29-23-9-5-6-10-24(23)34-27;1-2/h5-6,9-16H,3-4,7-8H2,1-2H3,(H,29,31)(H,32,33);1-2H3/b30-22+;. The molecule has 186 valence electrons. The highest BCUT2D eigenvalue weighted by molar-refractivity contribution is 7.22. The molecule has 2 N–H and O–H groups in total. The molecule has 0 saturated carbocycles. The number of para-hydroxylation sites is 1. The fraction of sp³-hybridized carbons (Fsp3) is 0.310.